The van der Waals surface area contributed by atoms with Gasteiger partial charge in [0.1, 0.15) is 0 Å². The summed E-state index contributed by atoms with van der Waals surface area (Å²) in [6.07, 6.45) is 0. The van der Waals surface area contributed by atoms with Crippen LogP contribution >= 0.6 is 34.8 Å². The minimum absolute atomic E-state index is 0.145. The number of fused-ring (bicyclic) bond motifs is 1. The third kappa shape index (κ3) is 2.24. The van der Waals surface area contributed by atoms with Crippen molar-refractivity contribution in [2.45, 2.75) is 3.79 Å². The molecule has 1 unspecified atom stereocenters. The molecule has 1 aromatic carbocycles. The molecule has 0 amide bonds. The number of nitrogens with zero attached hydrogens (tertiary/aromatic N) is 1. The molecule has 86 valence electrons. The zero-order chi connectivity index (χ0) is 11.9. The Morgan fingerprint density at radius 1 is 1.38 bits per heavy atom. The van der Waals surface area contributed by atoms with Crippen LogP contribution in [0.15, 0.2) is 18.2 Å². The first-order valence-electron chi connectivity index (χ1n) is 4.18. The van der Waals surface area contributed by atoms with E-state index >= 15 is 0 Å². The van der Waals surface area contributed by atoms with Gasteiger partial charge >= 0.3 is 0 Å². The maximum atomic E-state index is 10.7. The summed E-state index contributed by atoms with van der Waals surface area (Å²) in [7, 11) is 0. The van der Waals surface area contributed by atoms with Gasteiger partial charge in [-0.2, -0.15) is 5.23 Å². The Labute approximate surface area is 105 Å². The van der Waals surface area contributed by atoms with E-state index in [4.69, 9.17) is 40.0 Å². The summed E-state index contributed by atoms with van der Waals surface area (Å²) in [5.74, 6) is 0.162. The normalized spacial score (nSPS) is 14.3. The monoisotopic (exact) mass is 281 g/mol. The number of hydrogen-bond acceptors (Lipinski definition) is 3. The van der Waals surface area contributed by atoms with Crippen LogP contribution in [0.25, 0.3) is 11.0 Å². The standard InChI is InChI=1S/C8H6Cl3N3O2/c9-8(10,11)7-12-5-2-1-4(14(15)16)3-6(5)13-7/h1-3,14-15H,(H,12,13). The lowest BCUT2D eigenvalue weighted by atomic mass is 10.3. The van der Waals surface area contributed by atoms with Crippen LogP contribution in [0.1, 0.15) is 5.82 Å². The van der Waals surface area contributed by atoms with E-state index in [1.165, 1.54) is 12.1 Å². The summed E-state index contributed by atoms with van der Waals surface area (Å²) in [5.41, 5.74) is 1.21. The second kappa shape index (κ2) is 4.03. The summed E-state index contributed by atoms with van der Waals surface area (Å²) in [6, 6.07) is 4.42. The number of aromatic nitrogens is 2. The fraction of sp³-hybridized carbons (Fsp3) is 0.125. The lowest BCUT2D eigenvalue weighted by Gasteiger charge is -2.10. The molecule has 8 heteroatoms. The average molecular weight is 283 g/mol. The van der Waals surface area contributed by atoms with Crippen LogP contribution in [-0.4, -0.2) is 15.2 Å². The molecule has 2 aromatic rings. The number of imidazole rings is 1. The number of alkyl halides is 3. The second-order valence-electron chi connectivity index (χ2n) is 3.12. The lowest BCUT2D eigenvalue weighted by molar-refractivity contribution is -0.991. The number of H-pyrrole nitrogens is 1. The third-order valence-electron chi connectivity index (χ3n) is 2.00. The Morgan fingerprint density at radius 3 is 2.62 bits per heavy atom. The van der Waals surface area contributed by atoms with Gasteiger partial charge in [-0.25, -0.2) is 10.2 Å². The Morgan fingerprint density at radius 2 is 2.06 bits per heavy atom. The van der Waals surface area contributed by atoms with E-state index in [9.17, 15) is 5.21 Å². The molecule has 5 nitrogen and oxygen atoms in total. The van der Waals surface area contributed by atoms with E-state index in [0.29, 0.717) is 11.0 Å². The van der Waals surface area contributed by atoms with Gasteiger partial charge in [0.05, 0.1) is 11.0 Å². The van der Waals surface area contributed by atoms with Crippen molar-refractivity contribution in [1.29, 1.82) is 0 Å². The van der Waals surface area contributed by atoms with E-state index in [1.807, 2.05) is 0 Å². The largest absolute Gasteiger partial charge is 0.595 e. The van der Waals surface area contributed by atoms with Crippen LogP contribution in [0.2, 0.25) is 0 Å². The predicted molar refractivity (Wildman–Crippen MR) is 61.1 cm³/mol. The van der Waals surface area contributed by atoms with Gasteiger partial charge in [-0.15, -0.1) is 0 Å². The number of hydrogen-bond donors (Lipinski definition) is 3. The average Bonchev–Trinajstić information content (AvgIpc) is 2.58. The minimum atomic E-state index is -1.65. The molecule has 1 atom stereocenters. The van der Waals surface area contributed by atoms with E-state index in [-0.39, 0.29) is 11.5 Å². The molecule has 1 heterocycles. The van der Waals surface area contributed by atoms with Crippen LogP contribution in [0.4, 0.5) is 5.69 Å². The molecular formula is C8H6Cl3N3O2. The maximum absolute atomic E-state index is 10.7. The predicted octanol–water partition coefficient (Wildman–Crippen LogP) is 1.79. The van der Waals surface area contributed by atoms with Crippen LogP contribution in [0.3, 0.4) is 0 Å². The SMILES string of the molecule is [O-][NH+](O)c1ccc2nc(C(Cl)(Cl)Cl)[nH]c2c1. The van der Waals surface area contributed by atoms with Crippen molar-refractivity contribution in [2.75, 3.05) is 0 Å². The first kappa shape index (κ1) is 11.9. The highest BCUT2D eigenvalue weighted by molar-refractivity contribution is 6.66. The van der Waals surface area contributed by atoms with Crippen molar-refractivity contribution in [2.24, 2.45) is 0 Å². The Kier molecular flexibility index (Phi) is 3.00. The number of halogens is 3. The van der Waals surface area contributed by atoms with Crippen LogP contribution in [0.5, 0.6) is 0 Å². The number of benzene rings is 1. The fourth-order valence-electron chi connectivity index (χ4n) is 1.28. The molecule has 16 heavy (non-hydrogen) atoms. The van der Waals surface area contributed by atoms with E-state index in [2.05, 4.69) is 9.97 Å². The van der Waals surface area contributed by atoms with Gasteiger partial charge in [0.25, 0.3) is 0 Å². The Bertz CT molecular complexity index is 521. The van der Waals surface area contributed by atoms with E-state index < -0.39 is 9.02 Å². The summed E-state index contributed by atoms with van der Waals surface area (Å²) in [6.45, 7) is 0. The zero-order valence-corrected chi connectivity index (χ0v) is 9.94. The molecule has 0 aliphatic rings. The van der Waals surface area contributed by atoms with E-state index in [0.717, 1.165) is 0 Å². The molecule has 0 saturated heterocycles. The van der Waals surface area contributed by atoms with Gasteiger partial charge in [0.2, 0.25) is 3.79 Å². The first-order chi connectivity index (χ1) is 7.38. The van der Waals surface area contributed by atoms with Gasteiger partial charge in [0, 0.05) is 12.1 Å². The topological polar surface area (TPSA) is 76.4 Å². The third-order valence-corrected chi connectivity index (χ3v) is 2.53. The van der Waals surface area contributed by atoms with Crippen molar-refractivity contribution in [3.8, 4) is 0 Å². The number of quaternary nitrogens is 1. The highest BCUT2D eigenvalue weighted by atomic mass is 35.6. The zero-order valence-electron chi connectivity index (χ0n) is 7.67. The van der Waals surface area contributed by atoms with Gasteiger partial charge in [-0.3, -0.25) is 0 Å². The molecule has 0 bridgehead atoms. The van der Waals surface area contributed by atoms with Crippen LogP contribution in [0, 0.1) is 5.21 Å². The van der Waals surface area contributed by atoms with Crippen molar-refractivity contribution in [3.05, 3.63) is 29.2 Å². The smallest absolute Gasteiger partial charge is 0.248 e. The van der Waals surface area contributed by atoms with E-state index in [1.54, 1.807) is 6.07 Å². The molecular weight excluding hydrogens is 276 g/mol. The summed E-state index contributed by atoms with van der Waals surface area (Å²) < 4.78 is -1.65. The Hall–Kier alpha value is -0.560. The molecule has 0 fully saturated rings. The number of rotatable bonds is 1. The van der Waals surface area contributed by atoms with Crippen molar-refractivity contribution < 1.29 is 10.4 Å². The first-order valence-corrected chi connectivity index (χ1v) is 5.31. The molecule has 0 saturated carbocycles. The summed E-state index contributed by atoms with van der Waals surface area (Å²) >= 11 is 17.0. The molecule has 0 aliphatic carbocycles. The molecule has 1 aromatic heterocycles. The van der Waals surface area contributed by atoms with Gasteiger partial charge in [-0.05, 0) is 6.07 Å². The Balaban J connectivity index is 2.54. The minimum Gasteiger partial charge on any atom is -0.595 e. The van der Waals surface area contributed by atoms with Crippen LogP contribution in [-0.2, 0) is 3.79 Å². The molecule has 0 aliphatic heterocycles. The highest BCUT2D eigenvalue weighted by Crippen LogP contribution is 2.37. The van der Waals surface area contributed by atoms with Crippen molar-refractivity contribution >= 4 is 51.5 Å². The van der Waals surface area contributed by atoms with Crippen molar-refractivity contribution in [1.82, 2.24) is 9.97 Å². The second-order valence-corrected chi connectivity index (χ2v) is 5.40. The highest BCUT2D eigenvalue weighted by Gasteiger charge is 2.27. The fourth-order valence-corrected chi connectivity index (χ4v) is 1.55. The maximum Gasteiger partial charge on any atom is 0.248 e. The van der Waals surface area contributed by atoms with Gasteiger partial charge < -0.3 is 10.2 Å². The summed E-state index contributed by atoms with van der Waals surface area (Å²) in [5, 5.41) is 18.5. The lowest BCUT2D eigenvalue weighted by Crippen LogP contribution is -2.99. The van der Waals surface area contributed by atoms with Crippen molar-refractivity contribution in [3.63, 3.8) is 0 Å². The molecule has 0 radical (unpaired) electrons. The van der Waals surface area contributed by atoms with Gasteiger partial charge in [0.15, 0.2) is 11.5 Å². The number of aromatic amines is 1. The van der Waals surface area contributed by atoms with Gasteiger partial charge in [-0.1, -0.05) is 34.8 Å². The quantitative estimate of drug-likeness (QED) is 0.551. The molecule has 3 N–H and O–H groups in total. The summed E-state index contributed by atoms with van der Waals surface area (Å²) in [4.78, 5) is 6.80. The number of nitrogens with one attached hydrogen (secondary N) is 2. The molecule has 0 spiro atoms. The van der Waals surface area contributed by atoms with Crippen LogP contribution < -0.4 is 5.23 Å². The molecule has 2 rings (SSSR count).